The van der Waals surface area contributed by atoms with E-state index >= 15 is 0 Å². The summed E-state index contributed by atoms with van der Waals surface area (Å²) in [5.41, 5.74) is 1.59. The van der Waals surface area contributed by atoms with Crippen LogP contribution in [0, 0.1) is 11.6 Å². The van der Waals surface area contributed by atoms with E-state index in [4.69, 9.17) is 9.47 Å². The lowest BCUT2D eigenvalue weighted by Gasteiger charge is -2.31. The van der Waals surface area contributed by atoms with E-state index in [1.807, 2.05) is 0 Å². The predicted molar refractivity (Wildman–Crippen MR) is 139 cm³/mol. The number of hydrogen-bond donors (Lipinski definition) is 0. The molecule has 0 radical (unpaired) electrons. The van der Waals surface area contributed by atoms with Crippen molar-refractivity contribution in [2.75, 3.05) is 6.61 Å². The van der Waals surface area contributed by atoms with E-state index in [2.05, 4.69) is 0 Å². The quantitative estimate of drug-likeness (QED) is 0.248. The van der Waals surface area contributed by atoms with Crippen LogP contribution in [0.3, 0.4) is 0 Å². The molecule has 0 amide bonds. The molecule has 0 spiro atoms. The van der Waals surface area contributed by atoms with Gasteiger partial charge < -0.3 is 9.47 Å². The molecule has 0 N–H and O–H groups in total. The van der Waals surface area contributed by atoms with Gasteiger partial charge in [0.1, 0.15) is 5.83 Å². The van der Waals surface area contributed by atoms with Crippen LogP contribution < -0.4 is 4.74 Å². The lowest BCUT2D eigenvalue weighted by Crippen LogP contribution is -2.29. The van der Waals surface area contributed by atoms with Crippen LogP contribution in [0.5, 0.6) is 5.75 Å². The molecule has 0 saturated heterocycles. The van der Waals surface area contributed by atoms with Crippen LogP contribution in [0.15, 0.2) is 66.5 Å². The Balaban J connectivity index is 1.37. The molecule has 8 heteroatoms. The number of rotatable bonds is 9. The second-order valence-electron chi connectivity index (χ2n) is 9.58. The first-order valence-corrected chi connectivity index (χ1v) is 13.1. The highest BCUT2D eigenvalue weighted by molar-refractivity contribution is 5.68. The molecule has 2 nitrogen and oxygen atoms in total. The van der Waals surface area contributed by atoms with Crippen molar-refractivity contribution in [3.8, 4) is 16.9 Å². The lowest BCUT2D eigenvalue weighted by molar-refractivity contribution is -0.277. The van der Waals surface area contributed by atoms with Gasteiger partial charge in [-0.15, -0.1) is 0 Å². The van der Waals surface area contributed by atoms with Gasteiger partial charge in [-0.2, -0.15) is 8.78 Å². The molecule has 0 heterocycles. The third kappa shape index (κ3) is 6.67. The fraction of sp³-hybridized carbons (Fsp3) is 0.355. The van der Waals surface area contributed by atoms with Crippen molar-refractivity contribution in [3.63, 3.8) is 0 Å². The molecule has 208 valence electrons. The van der Waals surface area contributed by atoms with Crippen LogP contribution in [0.2, 0.25) is 0 Å². The zero-order chi connectivity index (χ0) is 28.2. The molecule has 1 saturated carbocycles. The number of allylic oxidation sites excluding steroid dienone is 1. The van der Waals surface area contributed by atoms with Gasteiger partial charge in [0, 0.05) is 5.56 Å². The van der Waals surface area contributed by atoms with Gasteiger partial charge in [-0.05, 0) is 85.9 Å². The topological polar surface area (TPSA) is 18.5 Å². The van der Waals surface area contributed by atoms with E-state index in [1.165, 1.54) is 55.5 Å². The van der Waals surface area contributed by atoms with E-state index < -0.39 is 41.3 Å². The summed E-state index contributed by atoms with van der Waals surface area (Å²) in [6, 6.07) is 14.2. The van der Waals surface area contributed by atoms with Gasteiger partial charge in [-0.1, -0.05) is 43.3 Å². The Bertz CT molecular complexity index is 1270. The maximum absolute atomic E-state index is 15.0. The van der Waals surface area contributed by atoms with Crippen LogP contribution in [0.4, 0.5) is 26.3 Å². The minimum atomic E-state index is -3.52. The molecule has 3 aromatic carbocycles. The molecule has 1 aliphatic carbocycles. The molecular formula is C31H30F6O2. The average Bonchev–Trinajstić information content (AvgIpc) is 2.94. The van der Waals surface area contributed by atoms with Crippen molar-refractivity contribution >= 4 is 5.83 Å². The number of benzene rings is 3. The summed E-state index contributed by atoms with van der Waals surface area (Å²) in [6.07, 6.45) is -2.71. The first-order valence-electron chi connectivity index (χ1n) is 13.1. The van der Waals surface area contributed by atoms with Gasteiger partial charge in [0.25, 0.3) is 0 Å². The van der Waals surface area contributed by atoms with Crippen molar-refractivity contribution in [1.29, 1.82) is 0 Å². The molecule has 3 aromatic rings. The van der Waals surface area contributed by atoms with Gasteiger partial charge in [0.15, 0.2) is 23.2 Å². The highest BCUT2D eigenvalue weighted by atomic mass is 19.3. The van der Waals surface area contributed by atoms with Crippen LogP contribution in [0.1, 0.15) is 68.6 Å². The fourth-order valence-corrected chi connectivity index (χ4v) is 4.87. The van der Waals surface area contributed by atoms with Gasteiger partial charge in [-0.3, -0.25) is 0 Å². The summed E-state index contributed by atoms with van der Waals surface area (Å²) in [4.78, 5) is 0. The second kappa shape index (κ2) is 12.3. The zero-order valence-corrected chi connectivity index (χ0v) is 21.8. The highest BCUT2D eigenvalue weighted by Crippen LogP contribution is 2.40. The summed E-state index contributed by atoms with van der Waals surface area (Å²) in [7, 11) is 0. The van der Waals surface area contributed by atoms with Crippen molar-refractivity contribution in [2.24, 2.45) is 0 Å². The molecule has 4 rings (SSSR count). The molecule has 0 aliphatic heterocycles. The summed E-state index contributed by atoms with van der Waals surface area (Å²) >= 11 is 0. The minimum absolute atomic E-state index is 0.0461. The SMILES string of the molecule is CCOc1c(F)cc(C2CCC(OC(F)(F)c3ccc(-c4ccc(/C(F)=C(\F)CC)cc4)cc3)CC2)cc1F. The Morgan fingerprint density at radius 2 is 1.36 bits per heavy atom. The van der Waals surface area contributed by atoms with Gasteiger partial charge in [0.05, 0.1) is 18.3 Å². The van der Waals surface area contributed by atoms with Crippen LogP contribution in [0.25, 0.3) is 17.0 Å². The number of alkyl halides is 2. The van der Waals surface area contributed by atoms with Crippen molar-refractivity contribution in [1.82, 2.24) is 0 Å². The fourth-order valence-electron chi connectivity index (χ4n) is 4.87. The normalized spacial score (nSPS) is 18.6. The zero-order valence-electron chi connectivity index (χ0n) is 21.8. The van der Waals surface area contributed by atoms with Crippen molar-refractivity contribution in [2.45, 2.75) is 64.1 Å². The Hall–Kier alpha value is -3.26. The summed E-state index contributed by atoms with van der Waals surface area (Å²) < 4.78 is 96.1. The molecule has 0 bridgehead atoms. The summed E-state index contributed by atoms with van der Waals surface area (Å²) in [6.45, 7) is 3.29. The molecular weight excluding hydrogens is 518 g/mol. The maximum atomic E-state index is 15.0. The van der Waals surface area contributed by atoms with Crippen LogP contribution in [-0.2, 0) is 10.8 Å². The van der Waals surface area contributed by atoms with E-state index in [0.717, 1.165) is 0 Å². The number of ether oxygens (including phenoxy) is 2. The third-order valence-electron chi connectivity index (χ3n) is 7.01. The third-order valence-corrected chi connectivity index (χ3v) is 7.01. The smallest absolute Gasteiger partial charge is 0.383 e. The largest absolute Gasteiger partial charge is 0.488 e. The van der Waals surface area contributed by atoms with E-state index in [1.54, 1.807) is 19.1 Å². The van der Waals surface area contributed by atoms with Crippen molar-refractivity contribution < 1.29 is 35.8 Å². The van der Waals surface area contributed by atoms with Gasteiger partial charge in [0.2, 0.25) is 0 Å². The summed E-state index contributed by atoms with van der Waals surface area (Å²) in [5.74, 6) is -3.86. The van der Waals surface area contributed by atoms with Crippen molar-refractivity contribution in [3.05, 3.63) is 94.8 Å². The van der Waals surface area contributed by atoms with Crippen LogP contribution >= 0.6 is 0 Å². The van der Waals surface area contributed by atoms with E-state index in [9.17, 15) is 26.3 Å². The Morgan fingerprint density at radius 3 is 1.87 bits per heavy atom. The minimum Gasteiger partial charge on any atom is -0.488 e. The molecule has 0 aromatic heterocycles. The molecule has 0 atom stereocenters. The molecule has 0 unspecified atom stereocenters. The van der Waals surface area contributed by atoms with Crippen LogP contribution in [-0.4, -0.2) is 12.7 Å². The van der Waals surface area contributed by atoms with Gasteiger partial charge >= 0.3 is 6.11 Å². The monoisotopic (exact) mass is 548 g/mol. The summed E-state index contributed by atoms with van der Waals surface area (Å²) in [5, 5.41) is 0. The average molecular weight is 549 g/mol. The second-order valence-corrected chi connectivity index (χ2v) is 9.58. The standard InChI is InChI=1S/C31H30F6O2/c1-3-26(32)29(35)22-7-5-19(6-8-22)20-9-13-24(14-10-20)31(36,37)39-25-15-11-21(12-16-25)23-17-27(33)30(38-4-2)28(34)18-23/h5-10,13-14,17-18,21,25H,3-4,11-12,15-16H2,1-2H3/b29-26+. The molecule has 1 aliphatic rings. The highest BCUT2D eigenvalue weighted by Gasteiger charge is 2.37. The Kier molecular flexibility index (Phi) is 9.05. The maximum Gasteiger partial charge on any atom is 0.383 e. The molecule has 1 fully saturated rings. The number of hydrogen-bond acceptors (Lipinski definition) is 2. The number of halogens is 6. The Morgan fingerprint density at radius 1 is 0.821 bits per heavy atom. The lowest BCUT2D eigenvalue weighted by atomic mass is 9.82. The van der Waals surface area contributed by atoms with Gasteiger partial charge in [-0.25, -0.2) is 17.6 Å². The first-order chi connectivity index (χ1) is 18.6. The van der Waals surface area contributed by atoms with E-state index in [-0.39, 0.29) is 30.1 Å². The molecule has 39 heavy (non-hydrogen) atoms. The van der Waals surface area contributed by atoms with E-state index in [0.29, 0.717) is 42.4 Å². The Labute approximate surface area is 224 Å². The predicted octanol–water partition coefficient (Wildman–Crippen LogP) is 9.84. The first kappa shape index (κ1) is 28.7.